The molecule has 0 spiro atoms. The van der Waals surface area contributed by atoms with Crippen LogP contribution in [0.25, 0.3) is 92.6 Å². The highest BCUT2D eigenvalue weighted by molar-refractivity contribution is 7.32. The average molecular weight is 987 g/mol. The molecule has 0 saturated carbocycles. The highest BCUT2D eigenvalue weighted by Crippen LogP contribution is 2.56. The van der Waals surface area contributed by atoms with E-state index in [4.69, 9.17) is 8.83 Å². The smallest absolute Gasteiger partial charge is 0.343 e. The van der Waals surface area contributed by atoms with Crippen LogP contribution in [0.3, 0.4) is 0 Å². The Kier molecular flexibility index (Phi) is 8.53. The third kappa shape index (κ3) is 5.82. The summed E-state index contributed by atoms with van der Waals surface area (Å²) in [7, 11) is 0. The van der Waals surface area contributed by atoms with Gasteiger partial charge in [0, 0.05) is 58.7 Å². The summed E-state index contributed by atoms with van der Waals surface area (Å²) in [5.74, 6) is 0. The molecule has 370 valence electrons. The minimum absolute atomic E-state index is 0.00535. The molecule has 0 radical (unpaired) electrons. The van der Waals surface area contributed by atoms with Crippen molar-refractivity contribution in [3.05, 3.63) is 137 Å². The SMILES string of the molecule is CC(C)(C)c1ccc(N2B3c4sc5cc6c(cc5c4-n4c5ccc(C(C)(C)C)cc5c5c7oc8ccccc8c7c(c3c54)-c3cc4oc5cc7c(cc5c4cc32)C(C)(C)CCC7(C)C)C(C)(C)CCC6(C)C)cc1. The number of thiophene rings is 1. The van der Waals surface area contributed by atoms with Crippen molar-refractivity contribution in [3.63, 3.8) is 0 Å². The molecule has 15 rings (SSSR count). The molecule has 0 unspecified atom stereocenters. The van der Waals surface area contributed by atoms with Gasteiger partial charge in [-0.2, -0.15) is 0 Å². The highest BCUT2D eigenvalue weighted by Gasteiger charge is 2.49. The Bertz CT molecular complexity index is 4340. The Morgan fingerprint density at radius 2 is 1.11 bits per heavy atom. The maximum atomic E-state index is 7.37. The van der Waals surface area contributed by atoms with Crippen molar-refractivity contribution in [2.45, 2.75) is 155 Å². The summed E-state index contributed by atoms with van der Waals surface area (Å²) in [6.45, 7) is 33.4. The van der Waals surface area contributed by atoms with E-state index < -0.39 is 0 Å². The van der Waals surface area contributed by atoms with E-state index in [0.717, 1.165) is 40.6 Å². The number of para-hydroxylation sites is 1. The first kappa shape index (κ1) is 45.2. The summed E-state index contributed by atoms with van der Waals surface area (Å²) in [5, 5.41) is 8.52. The fraction of sp³-hybridized carbons (Fsp3) is 0.353. The van der Waals surface area contributed by atoms with Crippen LogP contribution in [0.15, 0.2) is 112 Å². The van der Waals surface area contributed by atoms with E-state index in [9.17, 15) is 0 Å². The van der Waals surface area contributed by atoms with E-state index in [1.807, 2.05) is 11.3 Å². The van der Waals surface area contributed by atoms with E-state index in [1.54, 1.807) is 0 Å². The van der Waals surface area contributed by atoms with Crippen LogP contribution in [-0.2, 0) is 32.5 Å². The number of aromatic nitrogens is 1. The number of anilines is 2. The molecule has 11 aromatic rings. The van der Waals surface area contributed by atoms with Gasteiger partial charge in [0.05, 0.1) is 22.1 Å². The lowest BCUT2D eigenvalue weighted by molar-refractivity contribution is 0.332. The zero-order valence-corrected chi connectivity index (χ0v) is 46.7. The molecular formula is C68H67BN2O2S. The van der Waals surface area contributed by atoms with Gasteiger partial charge in [-0.3, -0.25) is 0 Å². The standard InChI is InChI=1S/C68H67BN2O2S/c1-63(2,3)36-19-22-38(23-20-36)71-50-32-41-40-30-45-47(67(11,12)27-25-65(45,7)8)34-53(40)72-52(41)33-43(50)55-56-39-17-15-16-18-51(39)73-61(56)57-42-29-37(64(4,5)6)21-24-49(42)70-59-44-31-46-48(68(13,14)28-26-66(46,9)10)35-54(44)74-62(59)69(71)58(55)60(57)70/h15-24,29-35H,25-28H2,1-14H3. The molecule has 74 heavy (non-hydrogen) atoms. The number of nitrogens with zero attached hydrogens (tertiary/aromatic N) is 2. The zero-order chi connectivity index (χ0) is 51.3. The maximum absolute atomic E-state index is 7.37. The largest absolute Gasteiger partial charge is 0.456 e. The number of hydrogen-bond acceptors (Lipinski definition) is 4. The predicted molar refractivity (Wildman–Crippen MR) is 318 cm³/mol. The summed E-state index contributed by atoms with van der Waals surface area (Å²) >= 11 is 2.03. The van der Waals surface area contributed by atoms with Crippen LogP contribution in [0.1, 0.15) is 156 Å². The second-order valence-electron chi connectivity index (χ2n) is 27.8. The van der Waals surface area contributed by atoms with E-state index in [2.05, 4.69) is 209 Å². The Labute approximate surface area is 439 Å². The first-order chi connectivity index (χ1) is 34.9. The van der Waals surface area contributed by atoms with Gasteiger partial charge in [0.2, 0.25) is 0 Å². The van der Waals surface area contributed by atoms with Gasteiger partial charge in [-0.1, -0.05) is 133 Å². The van der Waals surface area contributed by atoms with Crippen molar-refractivity contribution in [2.75, 3.05) is 4.81 Å². The fourth-order valence-electron chi connectivity index (χ4n) is 14.5. The van der Waals surface area contributed by atoms with E-state index in [1.165, 1.54) is 133 Å². The first-order valence-corrected chi connectivity index (χ1v) is 28.3. The van der Waals surface area contributed by atoms with Gasteiger partial charge in [-0.25, -0.2) is 0 Å². The molecule has 4 aliphatic rings. The molecule has 0 saturated heterocycles. The number of fused-ring (bicyclic) bond motifs is 20. The van der Waals surface area contributed by atoms with Gasteiger partial charge in [-0.05, 0) is 169 Å². The van der Waals surface area contributed by atoms with Crippen molar-refractivity contribution >= 4 is 116 Å². The average Bonchev–Trinajstić information content (AvgIpc) is 4.16. The molecular weight excluding hydrogens is 920 g/mol. The van der Waals surface area contributed by atoms with Crippen LogP contribution in [0, 0.1) is 0 Å². The normalized spacial score (nSPS) is 18.3. The van der Waals surface area contributed by atoms with Crippen LogP contribution in [0.2, 0.25) is 0 Å². The van der Waals surface area contributed by atoms with Crippen molar-refractivity contribution in [2.24, 2.45) is 0 Å². The third-order valence-electron chi connectivity index (χ3n) is 19.2. The van der Waals surface area contributed by atoms with Gasteiger partial charge in [0.15, 0.2) is 0 Å². The van der Waals surface area contributed by atoms with Crippen LogP contribution in [0.5, 0.6) is 0 Å². The molecule has 6 heteroatoms. The molecule has 2 aliphatic heterocycles. The van der Waals surface area contributed by atoms with Gasteiger partial charge in [0.25, 0.3) is 0 Å². The van der Waals surface area contributed by atoms with Crippen molar-refractivity contribution in [1.82, 2.24) is 4.57 Å². The molecule has 0 fully saturated rings. The lowest BCUT2D eigenvalue weighted by atomic mass is 9.47. The Morgan fingerprint density at radius 3 is 1.77 bits per heavy atom. The van der Waals surface area contributed by atoms with Gasteiger partial charge < -0.3 is 18.2 Å². The summed E-state index contributed by atoms with van der Waals surface area (Å²) in [6, 6.07) is 40.7. The summed E-state index contributed by atoms with van der Waals surface area (Å²) < 4.78 is 20.0. The highest BCUT2D eigenvalue weighted by atomic mass is 32.1. The topological polar surface area (TPSA) is 34.5 Å². The van der Waals surface area contributed by atoms with Crippen molar-refractivity contribution in [3.8, 4) is 16.8 Å². The van der Waals surface area contributed by atoms with E-state index in [-0.39, 0.29) is 39.3 Å². The van der Waals surface area contributed by atoms with Crippen molar-refractivity contribution in [1.29, 1.82) is 0 Å². The van der Waals surface area contributed by atoms with Crippen LogP contribution >= 0.6 is 11.3 Å². The van der Waals surface area contributed by atoms with Gasteiger partial charge >= 0.3 is 6.85 Å². The summed E-state index contributed by atoms with van der Waals surface area (Å²) in [6.07, 6.45) is 4.66. The lowest BCUT2D eigenvalue weighted by Crippen LogP contribution is -2.59. The second-order valence-corrected chi connectivity index (χ2v) is 28.9. The molecule has 6 heterocycles. The summed E-state index contributed by atoms with van der Waals surface area (Å²) in [4.78, 5) is 2.74. The molecule has 0 N–H and O–H groups in total. The van der Waals surface area contributed by atoms with Crippen LogP contribution < -0.4 is 15.1 Å². The van der Waals surface area contributed by atoms with Gasteiger partial charge in [-0.15, -0.1) is 11.3 Å². The van der Waals surface area contributed by atoms with Crippen molar-refractivity contribution < 1.29 is 8.83 Å². The minimum atomic E-state index is -0.147. The molecule has 0 bridgehead atoms. The first-order valence-electron chi connectivity index (χ1n) is 27.4. The maximum Gasteiger partial charge on any atom is 0.343 e. The Hall–Kier alpha value is -6.24. The molecule has 0 atom stereocenters. The lowest BCUT2D eigenvalue weighted by Gasteiger charge is -2.42. The molecule has 0 amide bonds. The fourth-order valence-corrected chi connectivity index (χ4v) is 15.8. The Balaban J connectivity index is 1.16. The van der Waals surface area contributed by atoms with Gasteiger partial charge in [0.1, 0.15) is 22.3 Å². The van der Waals surface area contributed by atoms with Crippen LogP contribution in [0.4, 0.5) is 11.4 Å². The molecule has 2 aliphatic carbocycles. The predicted octanol–water partition coefficient (Wildman–Crippen LogP) is 18.3. The minimum Gasteiger partial charge on any atom is -0.456 e. The third-order valence-corrected chi connectivity index (χ3v) is 20.4. The number of furan rings is 2. The molecule has 7 aromatic carbocycles. The van der Waals surface area contributed by atoms with E-state index >= 15 is 0 Å². The summed E-state index contributed by atoms with van der Waals surface area (Å²) in [5.41, 5.74) is 22.5. The Morgan fingerprint density at radius 1 is 0.527 bits per heavy atom. The quantitative estimate of drug-likeness (QED) is 0.154. The monoisotopic (exact) mass is 987 g/mol. The van der Waals surface area contributed by atoms with Crippen LogP contribution in [-0.4, -0.2) is 11.4 Å². The number of benzene rings is 7. The molecule has 4 aromatic heterocycles. The molecule has 4 nitrogen and oxygen atoms in total. The van der Waals surface area contributed by atoms with E-state index in [0.29, 0.717) is 0 Å². The zero-order valence-electron chi connectivity index (χ0n) is 45.8. The second kappa shape index (κ2) is 14.0. The number of rotatable bonds is 1. The number of hydrogen-bond donors (Lipinski definition) is 0.